The molecule has 0 aliphatic carbocycles. The zero-order valence-corrected chi connectivity index (χ0v) is 9.42. The van der Waals surface area contributed by atoms with Gasteiger partial charge < -0.3 is 5.11 Å². The minimum absolute atomic E-state index is 0.274. The molecule has 2 rings (SSSR count). The van der Waals surface area contributed by atoms with E-state index in [4.69, 9.17) is 5.26 Å². The molecule has 0 radical (unpaired) electrons. The van der Waals surface area contributed by atoms with Gasteiger partial charge in [0.2, 0.25) is 0 Å². The Morgan fingerprint density at radius 2 is 2.13 bits per heavy atom. The lowest BCUT2D eigenvalue weighted by Crippen LogP contribution is -2.32. The molecule has 2 nitrogen and oxygen atoms in total. The van der Waals surface area contributed by atoms with Gasteiger partial charge in [-0.3, -0.25) is 0 Å². The van der Waals surface area contributed by atoms with E-state index in [0.717, 1.165) is 17.1 Å². The lowest BCUT2D eigenvalue weighted by molar-refractivity contribution is 0.0234. The number of benzene rings is 1. The van der Waals surface area contributed by atoms with Crippen molar-refractivity contribution in [3.05, 3.63) is 35.4 Å². The Labute approximate surface area is 93.9 Å². The highest BCUT2D eigenvalue weighted by Crippen LogP contribution is 2.41. The van der Waals surface area contributed by atoms with Crippen molar-refractivity contribution in [2.45, 2.75) is 12.5 Å². The van der Waals surface area contributed by atoms with Gasteiger partial charge in [-0.25, -0.2) is 0 Å². The molecule has 78 valence electrons. The minimum Gasteiger partial charge on any atom is -0.384 e. The molecule has 1 aliphatic heterocycles. The van der Waals surface area contributed by atoms with Crippen LogP contribution in [0.4, 0.5) is 0 Å². The third-order valence-electron chi connectivity index (χ3n) is 3.02. The summed E-state index contributed by atoms with van der Waals surface area (Å²) in [5.74, 6) is 2.02. The lowest BCUT2D eigenvalue weighted by atomic mass is 9.85. The highest BCUT2D eigenvalue weighted by molar-refractivity contribution is 7.99. The van der Waals surface area contributed by atoms with Crippen molar-refractivity contribution < 1.29 is 5.11 Å². The van der Waals surface area contributed by atoms with Crippen molar-refractivity contribution in [3.8, 4) is 6.07 Å². The molecule has 0 aromatic heterocycles. The van der Waals surface area contributed by atoms with Crippen molar-refractivity contribution in [2.75, 3.05) is 11.5 Å². The van der Waals surface area contributed by atoms with Gasteiger partial charge in [-0.2, -0.15) is 17.0 Å². The van der Waals surface area contributed by atoms with Crippen molar-refractivity contribution in [3.63, 3.8) is 0 Å². The van der Waals surface area contributed by atoms with Crippen LogP contribution in [0.2, 0.25) is 0 Å². The summed E-state index contributed by atoms with van der Waals surface area (Å²) in [7, 11) is 0. The second-order valence-corrected chi connectivity index (χ2v) is 5.06. The summed E-state index contributed by atoms with van der Waals surface area (Å²) < 4.78 is 0. The molecular weight excluding hydrogens is 206 g/mol. The van der Waals surface area contributed by atoms with Crippen LogP contribution in [0.25, 0.3) is 0 Å². The number of hydrogen-bond donors (Lipinski definition) is 1. The van der Waals surface area contributed by atoms with E-state index >= 15 is 0 Å². The van der Waals surface area contributed by atoms with Crippen LogP contribution in [0.15, 0.2) is 24.3 Å². The first-order valence-corrected chi connectivity index (χ1v) is 6.13. The van der Waals surface area contributed by atoms with Crippen molar-refractivity contribution >= 4 is 11.8 Å². The van der Waals surface area contributed by atoms with Gasteiger partial charge in [-0.05, 0) is 29.4 Å². The maximum Gasteiger partial charge on any atom is 0.102 e. The molecule has 1 aromatic carbocycles. The Morgan fingerprint density at radius 3 is 2.60 bits per heavy atom. The average Bonchev–Trinajstić information content (AvgIpc) is 2.61. The Bertz CT molecular complexity index is 395. The van der Waals surface area contributed by atoms with Crippen molar-refractivity contribution in [1.29, 1.82) is 5.26 Å². The fourth-order valence-electron chi connectivity index (χ4n) is 1.87. The monoisotopic (exact) mass is 219 g/mol. The molecule has 1 heterocycles. The first-order chi connectivity index (χ1) is 7.16. The van der Waals surface area contributed by atoms with E-state index in [0.29, 0.717) is 5.56 Å². The fraction of sp³-hybridized carbons (Fsp3) is 0.417. The van der Waals surface area contributed by atoms with Crippen LogP contribution >= 0.6 is 11.8 Å². The molecule has 1 aromatic rings. The predicted molar refractivity (Wildman–Crippen MR) is 61.5 cm³/mol. The first kappa shape index (κ1) is 10.5. The second kappa shape index (κ2) is 3.88. The summed E-state index contributed by atoms with van der Waals surface area (Å²) in [5, 5.41) is 19.2. The maximum absolute atomic E-state index is 10.5. The van der Waals surface area contributed by atoms with Gasteiger partial charge in [0.05, 0.1) is 11.6 Å². The van der Waals surface area contributed by atoms with Gasteiger partial charge in [0.1, 0.15) is 5.60 Å². The van der Waals surface area contributed by atoms with E-state index in [-0.39, 0.29) is 5.92 Å². The molecule has 0 bridgehead atoms. The van der Waals surface area contributed by atoms with E-state index in [2.05, 4.69) is 13.0 Å². The van der Waals surface area contributed by atoms with Gasteiger partial charge >= 0.3 is 0 Å². The van der Waals surface area contributed by atoms with E-state index in [1.165, 1.54) is 0 Å². The molecule has 1 saturated heterocycles. The Kier molecular flexibility index (Phi) is 2.72. The molecular formula is C12H13NOS. The number of nitriles is 1. The van der Waals surface area contributed by atoms with Crippen molar-refractivity contribution in [2.24, 2.45) is 5.92 Å². The van der Waals surface area contributed by atoms with Crippen molar-refractivity contribution in [1.82, 2.24) is 0 Å². The average molecular weight is 219 g/mol. The normalized spacial score (nSPS) is 30.1. The third kappa shape index (κ3) is 1.75. The van der Waals surface area contributed by atoms with Crippen LogP contribution in [0.3, 0.4) is 0 Å². The molecule has 0 amide bonds. The summed E-state index contributed by atoms with van der Waals surface area (Å²) in [5.41, 5.74) is 0.859. The molecule has 1 fully saturated rings. The van der Waals surface area contributed by atoms with Gasteiger partial charge in [0, 0.05) is 5.75 Å². The second-order valence-electron chi connectivity index (χ2n) is 4.03. The van der Waals surface area contributed by atoms with Crippen LogP contribution in [0, 0.1) is 17.2 Å². The molecule has 1 aliphatic rings. The van der Waals surface area contributed by atoms with Crippen LogP contribution in [0.5, 0.6) is 0 Å². The summed E-state index contributed by atoms with van der Waals surface area (Å²) >= 11 is 1.78. The Balaban J connectivity index is 2.33. The smallest absolute Gasteiger partial charge is 0.102 e. The van der Waals surface area contributed by atoms with Gasteiger partial charge in [0.15, 0.2) is 0 Å². The Morgan fingerprint density at radius 1 is 1.47 bits per heavy atom. The fourth-order valence-corrected chi connectivity index (χ4v) is 3.38. The molecule has 2 atom stereocenters. The Hall–Kier alpha value is -0.980. The molecule has 0 unspecified atom stereocenters. The van der Waals surface area contributed by atoms with E-state index in [9.17, 15) is 5.11 Å². The number of thioether (sulfide) groups is 1. The van der Waals surface area contributed by atoms with Gasteiger partial charge in [-0.1, -0.05) is 19.1 Å². The first-order valence-electron chi connectivity index (χ1n) is 4.97. The predicted octanol–water partition coefficient (Wildman–Crippen LogP) is 2.13. The van der Waals surface area contributed by atoms with Gasteiger partial charge in [-0.15, -0.1) is 0 Å². The molecule has 15 heavy (non-hydrogen) atoms. The zero-order valence-electron chi connectivity index (χ0n) is 8.60. The van der Waals surface area contributed by atoms with Crippen LogP contribution in [0.1, 0.15) is 18.1 Å². The highest BCUT2D eigenvalue weighted by Gasteiger charge is 2.40. The molecule has 3 heteroatoms. The molecule has 0 saturated carbocycles. The summed E-state index contributed by atoms with van der Waals surface area (Å²) in [6.07, 6.45) is 0. The number of aliphatic hydroxyl groups is 1. The highest BCUT2D eigenvalue weighted by atomic mass is 32.2. The topological polar surface area (TPSA) is 44.0 Å². The van der Waals surface area contributed by atoms with Crippen LogP contribution in [-0.4, -0.2) is 16.6 Å². The van der Waals surface area contributed by atoms with E-state index in [1.54, 1.807) is 23.9 Å². The number of nitrogens with zero attached hydrogens (tertiary/aromatic N) is 1. The van der Waals surface area contributed by atoms with Gasteiger partial charge in [0.25, 0.3) is 0 Å². The minimum atomic E-state index is -0.710. The van der Waals surface area contributed by atoms with E-state index < -0.39 is 5.60 Å². The standard InChI is InChI=1S/C12H13NOS/c1-9-7-15-8-12(9,14)11-4-2-10(6-13)3-5-11/h2-5,9,14H,7-8H2,1H3/t9-,12+/m1/s1. The summed E-state index contributed by atoms with van der Waals surface area (Å²) in [6, 6.07) is 9.34. The van der Waals surface area contributed by atoms with Crippen LogP contribution < -0.4 is 0 Å². The number of rotatable bonds is 1. The largest absolute Gasteiger partial charge is 0.384 e. The number of hydrogen-bond acceptors (Lipinski definition) is 3. The lowest BCUT2D eigenvalue weighted by Gasteiger charge is -2.27. The quantitative estimate of drug-likeness (QED) is 0.787. The maximum atomic E-state index is 10.5. The summed E-state index contributed by atoms with van der Waals surface area (Å²) in [6.45, 7) is 2.07. The SMILES string of the molecule is C[C@@H]1CSC[C@@]1(O)c1ccc(C#N)cc1. The summed E-state index contributed by atoms with van der Waals surface area (Å²) in [4.78, 5) is 0. The molecule has 0 spiro atoms. The molecule has 1 N–H and O–H groups in total. The third-order valence-corrected chi connectivity index (χ3v) is 4.40. The van der Waals surface area contributed by atoms with Crippen LogP contribution in [-0.2, 0) is 5.60 Å². The zero-order chi connectivity index (χ0) is 10.9. The van der Waals surface area contributed by atoms with E-state index in [1.807, 2.05) is 12.1 Å².